The molecule has 0 saturated carbocycles. The summed E-state index contributed by atoms with van der Waals surface area (Å²) < 4.78 is 41.3. The quantitative estimate of drug-likeness (QED) is 0.932. The lowest BCUT2D eigenvalue weighted by Crippen LogP contribution is -2.16. The summed E-state index contributed by atoms with van der Waals surface area (Å²) in [5, 5.41) is 3.30. The highest BCUT2D eigenvalue weighted by molar-refractivity contribution is 5.33. The monoisotopic (exact) mass is 271 g/mol. The molecule has 0 bridgehead atoms. The van der Waals surface area contributed by atoms with Gasteiger partial charge >= 0.3 is 12.1 Å². The number of benzene rings is 1. The Kier molecular flexibility index (Phi) is 3.57. The number of aryl methyl sites for hydroxylation is 1. The van der Waals surface area contributed by atoms with Gasteiger partial charge in [0, 0.05) is 0 Å². The van der Waals surface area contributed by atoms with Gasteiger partial charge in [0.25, 0.3) is 0 Å². The van der Waals surface area contributed by atoms with Crippen molar-refractivity contribution in [3.8, 4) is 0 Å². The third-order valence-electron chi connectivity index (χ3n) is 2.73. The Bertz CT molecular complexity index is 565. The second-order valence-electron chi connectivity index (χ2n) is 3.99. The Morgan fingerprint density at radius 2 is 2.00 bits per heavy atom. The van der Waals surface area contributed by atoms with Crippen LogP contribution in [0, 0.1) is 0 Å². The number of nitrogens with zero attached hydrogens (tertiary/aromatic N) is 2. The predicted molar refractivity (Wildman–Crippen MR) is 61.2 cm³/mol. The molecule has 0 saturated heterocycles. The van der Waals surface area contributed by atoms with E-state index in [4.69, 9.17) is 5.73 Å². The van der Waals surface area contributed by atoms with Crippen LogP contribution in [0.25, 0.3) is 0 Å². The van der Waals surface area contributed by atoms with Crippen molar-refractivity contribution in [3.05, 3.63) is 47.1 Å². The van der Waals surface area contributed by atoms with Gasteiger partial charge in [-0.3, -0.25) is 0 Å². The maximum absolute atomic E-state index is 12.4. The summed E-state index contributed by atoms with van der Waals surface area (Å²) >= 11 is 0. The molecular weight excluding hydrogens is 259 g/mol. The minimum atomic E-state index is -4.66. The van der Waals surface area contributed by atoms with Crippen molar-refractivity contribution < 1.29 is 17.7 Å². The maximum atomic E-state index is 12.4. The molecule has 2 N–H and O–H groups in total. The van der Waals surface area contributed by atoms with Crippen molar-refractivity contribution in [1.29, 1.82) is 0 Å². The van der Waals surface area contributed by atoms with Crippen LogP contribution in [0.1, 0.15) is 35.8 Å². The molecule has 1 atom stereocenters. The Labute approximate surface area is 107 Å². The summed E-state index contributed by atoms with van der Waals surface area (Å²) in [5.41, 5.74) is 7.53. The Morgan fingerprint density at radius 1 is 1.32 bits per heavy atom. The first-order chi connectivity index (χ1) is 8.93. The van der Waals surface area contributed by atoms with E-state index < -0.39 is 18.1 Å². The lowest BCUT2D eigenvalue weighted by molar-refractivity contribution is -0.159. The summed E-state index contributed by atoms with van der Waals surface area (Å²) in [4.78, 5) is 3.31. The molecule has 102 valence electrons. The minimum absolute atomic E-state index is 0.173. The molecule has 1 heterocycles. The van der Waals surface area contributed by atoms with Crippen molar-refractivity contribution in [3.63, 3.8) is 0 Å². The zero-order valence-electron chi connectivity index (χ0n) is 10.1. The highest BCUT2D eigenvalue weighted by Gasteiger charge is 2.39. The molecule has 1 aromatic heterocycles. The van der Waals surface area contributed by atoms with E-state index in [1.807, 2.05) is 19.1 Å². The van der Waals surface area contributed by atoms with Crippen LogP contribution in [0.2, 0.25) is 0 Å². The van der Waals surface area contributed by atoms with E-state index in [2.05, 4.69) is 14.7 Å². The highest BCUT2D eigenvalue weighted by Crippen LogP contribution is 2.29. The molecule has 0 aliphatic carbocycles. The molecule has 7 heteroatoms. The topological polar surface area (TPSA) is 64.9 Å². The molecule has 0 amide bonds. The van der Waals surface area contributed by atoms with E-state index in [1.165, 1.54) is 0 Å². The van der Waals surface area contributed by atoms with Gasteiger partial charge in [-0.25, -0.2) is 0 Å². The summed E-state index contributed by atoms with van der Waals surface area (Å²) in [6.07, 6.45) is -3.94. The van der Waals surface area contributed by atoms with Crippen molar-refractivity contribution in [2.45, 2.75) is 25.6 Å². The SMILES string of the molecule is CCc1ccccc1C(N)c1noc(C(F)(F)F)n1. The van der Waals surface area contributed by atoms with Crippen LogP contribution in [0.4, 0.5) is 13.2 Å². The van der Waals surface area contributed by atoms with Crippen molar-refractivity contribution in [2.75, 3.05) is 0 Å². The molecule has 0 fully saturated rings. The lowest BCUT2D eigenvalue weighted by Gasteiger charge is -2.12. The summed E-state index contributed by atoms with van der Waals surface area (Å²) in [6.45, 7) is 1.93. The van der Waals surface area contributed by atoms with Crippen molar-refractivity contribution >= 4 is 0 Å². The molecule has 2 rings (SSSR count). The van der Waals surface area contributed by atoms with Gasteiger partial charge in [0.2, 0.25) is 0 Å². The molecule has 2 aromatic rings. The number of halogens is 3. The number of nitrogens with two attached hydrogens (primary N) is 1. The second-order valence-corrected chi connectivity index (χ2v) is 3.99. The van der Waals surface area contributed by atoms with Crippen LogP contribution < -0.4 is 5.73 Å². The van der Waals surface area contributed by atoms with E-state index in [0.29, 0.717) is 12.0 Å². The van der Waals surface area contributed by atoms with Crippen molar-refractivity contribution in [1.82, 2.24) is 10.1 Å². The van der Waals surface area contributed by atoms with Crippen LogP contribution in [0.3, 0.4) is 0 Å². The van der Waals surface area contributed by atoms with E-state index >= 15 is 0 Å². The zero-order chi connectivity index (χ0) is 14.0. The third kappa shape index (κ3) is 2.76. The Balaban J connectivity index is 2.34. The van der Waals surface area contributed by atoms with Crippen LogP contribution in [-0.2, 0) is 12.6 Å². The number of rotatable bonds is 3. The summed E-state index contributed by atoms with van der Waals surface area (Å²) in [7, 11) is 0. The number of aromatic nitrogens is 2. The summed E-state index contributed by atoms with van der Waals surface area (Å²) in [6, 6.07) is 6.37. The predicted octanol–water partition coefficient (Wildman–Crippen LogP) is 2.70. The first-order valence-corrected chi connectivity index (χ1v) is 5.67. The molecular formula is C12H12F3N3O. The van der Waals surface area contributed by atoms with Crippen LogP contribution >= 0.6 is 0 Å². The minimum Gasteiger partial charge on any atom is -0.329 e. The average Bonchev–Trinajstić information content (AvgIpc) is 2.87. The fourth-order valence-electron chi connectivity index (χ4n) is 1.77. The lowest BCUT2D eigenvalue weighted by atomic mass is 9.99. The average molecular weight is 271 g/mol. The van der Waals surface area contributed by atoms with Gasteiger partial charge in [-0.05, 0) is 17.5 Å². The van der Waals surface area contributed by atoms with Crippen molar-refractivity contribution in [2.24, 2.45) is 5.73 Å². The van der Waals surface area contributed by atoms with Gasteiger partial charge in [-0.15, -0.1) is 0 Å². The van der Waals surface area contributed by atoms with Gasteiger partial charge in [0.15, 0.2) is 5.82 Å². The number of hydrogen-bond acceptors (Lipinski definition) is 4. The molecule has 19 heavy (non-hydrogen) atoms. The first-order valence-electron chi connectivity index (χ1n) is 5.67. The van der Waals surface area contributed by atoms with Gasteiger partial charge in [-0.1, -0.05) is 36.3 Å². The van der Waals surface area contributed by atoms with Gasteiger partial charge in [0.05, 0.1) is 6.04 Å². The molecule has 0 aliphatic heterocycles. The maximum Gasteiger partial charge on any atom is 0.471 e. The van der Waals surface area contributed by atoms with Crippen LogP contribution in [-0.4, -0.2) is 10.1 Å². The van der Waals surface area contributed by atoms with E-state index in [-0.39, 0.29) is 5.82 Å². The number of alkyl halides is 3. The molecule has 0 aliphatic rings. The fourth-order valence-corrected chi connectivity index (χ4v) is 1.77. The molecule has 1 unspecified atom stereocenters. The zero-order valence-corrected chi connectivity index (χ0v) is 10.1. The highest BCUT2D eigenvalue weighted by atomic mass is 19.4. The van der Waals surface area contributed by atoms with E-state index in [1.54, 1.807) is 12.1 Å². The Hall–Kier alpha value is -1.89. The molecule has 1 aromatic carbocycles. The fraction of sp³-hybridized carbons (Fsp3) is 0.333. The molecule has 4 nitrogen and oxygen atoms in total. The van der Waals surface area contributed by atoms with Crippen LogP contribution in [0.15, 0.2) is 28.8 Å². The smallest absolute Gasteiger partial charge is 0.329 e. The third-order valence-corrected chi connectivity index (χ3v) is 2.73. The van der Waals surface area contributed by atoms with Crippen LogP contribution in [0.5, 0.6) is 0 Å². The van der Waals surface area contributed by atoms with Gasteiger partial charge in [-0.2, -0.15) is 18.2 Å². The van der Waals surface area contributed by atoms with Gasteiger partial charge < -0.3 is 10.3 Å². The normalized spacial score (nSPS) is 13.5. The van der Waals surface area contributed by atoms with Gasteiger partial charge in [0.1, 0.15) is 0 Å². The summed E-state index contributed by atoms with van der Waals surface area (Å²) in [5.74, 6) is -1.56. The first kappa shape index (κ1) is 13.5. The van der Waals surface area contributed by atoms with E-state index in [9.17, 15) is 13.2 Å². The number of hydrogen-bond donors (Lipinski definition) is 1. The van der Waals surface area contributed by atoms with E-state index in [0.717, 1.165) is 5.56 Å². The largest absolute Gasteiger partial charge is 0.471 e. The molecule has 0 radical (unpaired) electrons. The second kappa shape index (κ2) is 5.00. The molecule has 0 spiro atoms. The standard InChI is InChI=1S/C12H12F3N3O/c1-2-7-5-3-4-6-8(7)9(16)10-17-11(19-18-10)12(13,14)15/h3-6,9H,2,16H2,1H3. The Morgan fingerprint density at radius 3 is 2.58 bits per heavy atom.